The molecule has 0 aliphatic carbocycles. The smallest absolute Gasteiger partial charge is 0.129 e. The Labute approximate surface area is 95.7 Å². The second-order valence-corrected chi connectivity index (χ2v) is 4.00. The van der Waals surface area contributed by atoms with Gasteiger partial charge in [-0.25, -0.2) is 0 Å². The van der Waals surface area contributed by atoms with Crippen LogP contribution < -0.4 is 10.5 Å². The van der Waals surface area contributed by atoms with E-state index in [2.05, 4.69) is 19.9 Å². The van der Waals surface area contributed by atoms with Crippen molar-refractivity contribution in [3.63, 3.8) is 0 Å². The van der Waals surface area contributed by atoms with Crippen LogP contribution in [0.3, 0.4) is 0 Å². The number of hydrogen-bond acceptors (Lipinski definition) is 2. The lowest BCUT2D eigenvalue weighted by atomic mass is 10.1. The van der Waals surface area contributed by atoms with Crippen molar-refractivity contribution >= 4 is 5.69 Å². The van der Waals surface area contributed by atoms with Gasteiger partial charge in [-0.05, 0) is 49.2 Å². The van der Waals surface area contributed by atoms with Gasteiger partial charge in [0.05, 0.1) is 0 Å². The van der Waals surface area contributed by atoms with Crippen LogP contribution in [0.25, 0.3) is 0 Å². The molecule has 0 saturated carbocycles. The average molecular weight is 213 g/mol. The van der Waals surface area contributed by atoms with Gasteiger partial charge in [0.25, 0.3) is 0 Å². The largest absolute Gasteiger partial charge is 0.457 e. The molecule has 2 aromatic carbocycles. The van der Waals surface area contributed by atoms with E-state index in [1.165, 1.54) is 11.1 Å². The summed E-state index contributed by atoms with van der Waals surface area (Å²) in [7, 11) is 0. The van der Waals surface area contributed by atoms with E-state index in [0.29, 0.717) is 5.69 Å². The maximum Gasteiger partial charge on any atom is 0.129 e. The Hall–Kier alpha value is -1.96. The van der Waals surface area contributed by atoms with Crippen LogP contribution in [0.15, 0.2) is 42.5 Å². The molecule has 0 radical (unpaired) electrons. The summed E-state index contributed by atoms with van der Waals surface area (Å²) in [4.78, 5) is 0. The van der Waals surface area contributed by atoms with Crippen molar-refractivity contribution in [1.29, 1.82) is 0 Å². The Morgan fingerprint density at radius 3 is 2.19 bits per heavy atom. The first-order valence-corrected chi connectivity index (χ1v) is 5.25. The van der Waals surface area contributed by atoms with Crippen molar-refractivity contribution in [3.8, 4) is 11.5 Å². The van der Waals surface area contributed by atoms with E-state index < -0.39 is 0 Å². The predicted octanol–water partition coefficient (Wildman–Crippen LogP) is 3.68. The molecule has 0 heterocycles. The molecule has 0 aliphatic heterocycles. The molecule has 0 amide bonds. The number of rotatable bonds is 2. The van der Waals surface area contributed by atoms with Gasteiger partial charge < -0.3 is 10.5 Å². The fourth-order valence-corrected chi connectivity index (χ4v) is 1.71. The van der Waals surface area contributed by atoms with Crippen molar-refractivity contribution in [1.82, 2.24) is 0 Å². The Bertz CT molecular complexity index is 486. The van der Waals surface area contributed by atoms with Crippen molar-refractivity contribution < 1.29 is 4.74 Å². The van der Waals surface area contributed by atoms with Crippen molar-refractivity contribution in [2.45, 2.75) is 13.8 Å². The van der Waals surface area contributed by atoms with Gasteiger partial charge in [0.15, 0.2) is 0 Å². The van der Waals surface area contributed by atoms with Crippen molar-refractivity contribution in [2.24, 2.45) is 0 Å². The van der Waals surface area contributed by atoms with E-state index in [1.807, 2.05) is 36.4 Å². The minimum absolute atomic E-state index is 0.710. The zero-order valence-electron chi connectivity index (χ0n) is 9.53. The molecule has 82 valence electrons. The summed E-state index contributed by atoms with van der Waals surface area (Å²) in [6.07, 6.45) is 0. The highest BCUT2D eigenvalue weighted by molar-refractivity contribution is 5.45. The summed E-state index contributed by atoms with van der Waals surface area (Å²) < 4.78 is 5.74. The van der Waals surface area contributed by atoms with Gasteiger partial charge in [-0.3, -0.25) is 0 Å². The normalized spacial score (nSPS) is 10.1. The molecule has 0 saturated heterocycles. The summed E-state index contributed by atoms with van der Waals surface area (Å²) in [5, 5.41) is 0. The third kappa shape index (κ3) is 2.54. The van der Waals surface area contributed by atoms with Gasteiger partial charge in [-0.1, -0.05) is 12.1 Å². The highest BCUT2D eigenvalue weighted by atomic mass is 16.5. The topological polar surface area (TPSA) is 35.2 Å². The first kappa shape index (κ1) is 10.6. The van der Waals surface area contributed by atoms with Gasteiger partial charge in [-0.15, -0.1) is 0 Å². The van der Waals surface area contributed by atoms with Crippen LogP contribution >= 0.6 is 0 Å². The molecule has 2 aromatic rings. The van der Waals surface area contributed by atoms with Gasteiger partial charge in [0.1, 0.15) is 11.5 Å². The van der Waals surface area contributed by atoms with Crippen molar-refractivity contribution in [2.75, 3.05) is 5.73 Å². The summed E-state index contributed by atoms with van der Waals surface area (Å²) in [6, 6.07) is 13.6. The maximum atomic E-state index is 5.74. The maximum absolute atomic E-state index is 5.74. The predicted molar refractivity (Wildman–Crippen MR) is 66.8 cm³/mol. The van der Waals surface area contributed by atoms with E-state index in [-0.39, 0.29) is 0 Å². The summed E-state index contributed by atoms with van der Waals surface area (Å²) in [6.45, 7) is 4.11. The number of ether oxygens (including phenoxy) is 1. The second-order valence-electron chi connectivity index (χ2n) is 4.00. The minimum atomic E-state index is 0.710. The quantitative estimate of drug-likeness (QED) is 0.772. The Balaban J connectivity index is 2.27. The first-order valence-electron chi connectivity index (χ1n) is 5.25. The number of hydrogen-bond donors (Lipinski definition) is 1. The number of nitrogen functional groups attached to an aromatic ring is 1. The molecule has 0 fully saturated rings. The van der Waals surface area contributed by atoms with E-state index in [0.717, 1.165) is 11.5 Å². The minimum Gasteiger partial charge on any atom is -0.457 e. The van der Waals surface area contributed by atoms with Crippen LogP contribution in [-0.2, 0) is 0 Å². The first-order chi connectivity index (χ1) is 7.63. The molecule has 16 heavy (non-hydrogen) atoms. The number of anilines is 1. The van der Waals surface area contributed by atoms with Crippen LogP contribution in [0.1, 0.15) is 11.1 Å². The second kappa shape index (κ2) is 4.27. The lowest BCUT2D eigenvalue weighted by Gasteiger charge is -2.08. The summed E-state index contributed by atoms with van der Waals surface area (Å²) in [5.74, 6) is 1.62. The molecule has 0 aromatic heterocycles. The Morgan fingerprint density at radius 2 is 1.56 bits per heavy atom. The van der Waals surface area contributed by atoms with E-state index in [9.17, 15) is 0 Å². The van der Waals surface area contributed by atoms with Crippen LogP contribution in [0, 0.1) is 13.8 Å². The van der Waals surface area contributed by atoms with Gasteiger partial charge in [-0.2, -0.15) is 0 Å². The molecule has 0 atom stereocenters. The molecular formula is C14H15NO. The van der Waals surface area contributed by atoms with E-state index in [4.69, 9.17) is 10.5 Å². The van der Waals surface area contributed by atoms with E-state index >= 15 is 0 Å². The highest BCUT2D eigenvalue weighted by Gasteiger charge is 1.99. The number of benzene rings is 2. The Kier molecular flexibility index (Phi) is 2.82. The fraction of sp³-hybridized carbons (Fsp3) is 0.143. The van der Waals surface area contributed by atoms with Crippen LogP contribution in [0.2, 0.25) is 0 Å². The molecule has 0 aliphatic rings. The third-order valence-corrected chi connectivity index (χ3v) is 2.29. The fourth-order valence-electron chi connectivity index (χ4n) is 1.71. The molecule has 0 unspecified atom stereocenters. The SMILES string of the molecule is Cc1cc(C)cc(Oc2cccc(N)c2)c1. The lowest BCUT2D eigenvalue weighted by molar-refractivity contribution is 0.482. The van der Waals surface area contributed by atoms with Crippen LogP contribution in [-0.4, -0.2) is 0 Å². The van der Waals surface area contributed by atoms with Crippen LogP contribution in [0.4, 0.5) is 5.69 Å². The monoisotopic (exact) mass is 213 g/mol. The third-order valence-electron chi connectivity index (χ3n) is 2.29. The number of nitrogens with two attached hydrogens (primary N) is 1. The molecule has 2 nitrogen and oxygen atoms in total. The highest BCUT2D eigenvalue weighted by Crippen LogP contribution is 2.24. The average Bonchev–Trinajstić information content (AvgIpc) is 2.15. The molecule has 0 bridgehead atoms. The molecular weight excluding hydrogens is 198 g/mol. The molecule has 2 N–H and O–H groups in total. The zero-order valence-corrected chi connectivity index (χ0v) is 9.53. The summed E-state index contributed by atoms with van der Waals surface area (Å²) >= 11 is 0. The molecule has 2 rings (SSSR count). The van der Waals surface area contributed by atoms with E-state index in [1.54, 1.807) is 0 Å². The Morgan fingerprint density at radius 1 is 0.875 bits per heavy atom. The van der Waals surface area contributed by atoms with Crippen molar-refractivity contribution in [3.05, 3.63) is 53.6 Å². The molecule has 2 heteroatoms. The van der Waals surface area contributed by atoms with Gasteiger partial charge >= 0.3 is 0 Å². The van der Waals surface area contributed by atoms with Crippen LogP contribution in [0.5, 0.6) is 11.5 Å². The zero-order chi connectivity index (χ0) is 11.5. The standard InChI is InChI=1S/C14H15NO/c1-10-6-11(2)8-14(7-10)16-13-5-3-4-12(15)9-13/h3-9H,15H2,1-2H3. The summed E-state index contributed by atoms with van der Waals surface area (Å²) in [5.41, 5.74) is 8.79. The van der Waals surface area contributed by atoms with Gasteiger partial charge in [0.2, 0.25) is 0 Å². The lowest BCUT2D eigenvalue weighted by Crippen LogP contribution is -1.88. The van der Waals surface area contributed by atoms with Gasteiger partial charge in [0, 0.05) is 11.8 Å². The molecule has 0 spiro atoms. The number of aryl methyl sites for hydroxylation is 2.